The number of nitrogens with one attached hydrogen (secondary N) is 1. The summed E-state index contributed by atoms with van der Waals surface area (Å²) < 4.78 is 38.3. The van der Waals surface area contributed by atoms with Crippen molar-refractivity contribution in [2.45, 2.75) is 31.5 Å². The number of aryl methyl sites for hydroxylation is 1. The summed E-state index contributed by atoms with van der Waals surface area (Å²) in [5.41, 5.74) is -0.652. The van der Waals surface area contributed by atoms with E-state index in [1.54, 1.807) is 20.0 Å². The van der Waals surface area contributed by atoms with Gasteiger partial charge in [-0.3, -0.25) is 4.79 Å². The first kappa shape index (κ1) is 22.1. The van der Waals surface area contributed by atoms with Crippen molar-refractivity contribution in [2.24, 2.45) is 0 Å². The Balaban J connectivity index is 1.85. The minimum atomic E-state index is -4.43. The third-order valence-corrected chi connectivity index (χ3v) is 4.93. The van der Waals surface area contributed by atoms with Gasteiger partial charge in [0.2, 0.25) is 11.7 Å². The number of nitrogens with zero attached hydrogens (tertiary/aromatic N) is 3. The molecule has 2 aromatic rings. The van der Waals surface area contributed by atoms with Crippen LogP contribution < -0.4 is 5.32 Å². The van der Waals surface area contributed by atoms with Crippen LogP contribution in [0, 0.1) is 18.8 Å². The Morgan fingerprint density at radius 3 is 2.52 bits per heavy atom. The number of likely N-dealkylation sites (tertiary alicyclic amines) is 1. The Hall–Kier alpha value is -3.61. The molecule has 0 unspecified atom stereocenters. The molecule has 7 nitrogen and oxygen atoms in total. The maximum atomic E-state index is 12.8. The van der Waals surface area contributed by atoms with E-state index in [4.69, 9.17) is 5.11 Å². The van der Waals surface area contributed by atoms with Crippen LogP contribution in [0.5, 0.6) is 0 Å². The number of likely N-dealkylation sites (N-methyl/N-ethyl adjacent to an activating group) is 1. The predicted molar refractivity (Wildman–Crippen MR) is 105 cm³/mol. The normalized spacial score (nSPS) is 18.5. The number of amides is 2. The summed E-state index contributed by atoms with van der Waals surface area (Å²) in [6.07, 6.45) is -5.52. The van der Waals surface area contributed by atoms with E-state index in [0.717, 1.165) is 12.1 Å². The van der Waals surface area contributed by atoms with Gasteiger partial charge in [0.05, 0.1) is 11.3 Å². The van der Waals surface area contributed by atoms with Crippen molar-refractivity contribution in [1.82, 2.24) is 20.2 Å². The molecule has 31 heavy (non-hydrogen) atoms. The fourth-order valence-electron chi connectivity index (χ4n) is 3.34. The molecule has 2 amide bonds. The molecule has 0 saturated carbocycles. The van der Waals surface area contributed by atoms with E-state index in [9.17, 15) is 22.8 Å². The van der Waals surface area contributed by atoms with E-state index in [2.05, 4.69) is 27.1 Å². The monoisotopic (exact) mass is 432 g/mol. The summed E-state index contributed by atoms with van der Waals surface area (Å²) in [6, 6.07) is 6.21. The first-order valence-corrected chi connectivity index (χ1v) is 9.29. The minimum absolute atomic E-state index is 0.0601. The second kappa shape index (κ2) is 8.26. The number of hydrogen-bond donors (Lipinski definition) is 2. The van der Waals surface area contributed by atoms with Crippen LogP contribution >= 0.6 is 0 Å². The zero-order valence-electron chi connectivity index (χ0n) is 16.7. The van der Waals surface area contributed by atoms with Crippen molar-refractivity contribution >= 4 is 12.0 Å². The Kier molecular flexibility index (Phi) is 5.88. The van der Waals surface area contributed by atoms with Gasteiger partial charge in [0.15, 0.2) is 0 Å². The van der Waals surface area contributed by atoms with Gasteiger partial charge in [0.1, 0.15) is 5.54 Å². The highest BCUT2D eigenvalue weighted by Crippen LogP contribution is 2.30. The molecule has 0 radical (unpaired) electrons. The molecule has 1 saturated heterocycles. The molecule has 2 N–H and O–H groups in total. The minimum Gasteiger partial charge on any atom is -0.465 e. The fraction of sp³-hybridized carbons (Fsp3) is 0.333. The molecule has 1 atom stereocenters. The van der Waals surface area contributed by atoms with Gasteiger partial charge >= 0.3 is 12.3 Å². The summed E-state index contributed by atoms with van der Waals surface area (Å²) in [6.45, 7) is 2.10. The van der Waals surface area contributed by atoms with E-state index in [0.29, 0.717) is 23.5 Å². The van der Waals surface area contributed by atoms with Gasteiger partial charge in [-0.1, -0.05) is 18.1 Å². The van der Waals surface area contributed by atoms with Crippen molar-refractivity contribution in [3.05, 3.63) is 47.4 Å². The Morgan fingerprint density at radius 1 is 1.29 bits per heavy atom. The van der Waals surface area contributed by atoms with Gasteiger partial charge in [0, 0.05) is 31.3 Å². The highest BCUT2D eigenvalue weighted by molar-refractivity contribution is 5.91. The van der Waals surface area contributed by atoms with E-state index >= 15 is 0 Å². The van der Waals surface area contributed by atoms with Crippen LogP contribution in [-0.4, -0.2) is 51.1 Å². The summed E-state index contributed by atoms with van der Waals surface area (Å²) in [4.78, 5) is 33.5. The Morgan fingerprint density at radius 2 is 1.97 bits per heavy atom. The number of carbonyl (C=O) groups is 2. The zero-order valence-corrected chi connectivity index (χ0v) is 16.7. The van der Waals surface area contributed by atoms with Crippen LogP contribution in [0.1, 0.15) is 29.9 Å². The summed E-state index contributed by atoms with van der Waals surface area (Å²) in [5.74, 6) is 5.28. The SMILES string of the molecule is Cc1cc(-c2ccc(C(F)(F)F)cc2)nc(C#CC[C@@]2(NC(=O)O)CCN(C)C2=O)n1. The molecule has 0 aliphatic carbocycles. The number of aromatic nitrogens is 2. The van der Waals surface area contributed by atoms with Crippen LogP contribution in [0.3, 0.4) is 0 Å². The highest BCUT2D eigenvalue weighted by Gasteiger charge is 2.46. The quantitative estimate of drug-likeness (QED) is 0.727. The van der Waals surface area contributed by atoms with Gasteiger partial charge in [-0.25, -0.2) is 14.8 Å². The number of carboxylic acid groups (broad SMARTS) is 1. The molecule has 162 valence electrons. The van der Waals surface area contributed by atoms with Crippen LogP contribution in [0.15, 0.2) is 30.3 Å². The average Bonchev–Trinajstić information content (AvgIpc) is 2.95. The predicted octanol–water partition coefficient (Wildman–Crippen LogP) is 3.08. The number of alkyl halides is 3. The maximum Gasteiger partial charge on any atom is 0.416 e. The zero-order chi connectivity index (χ0) is 22.8. The smallest absolute Gasteiger partial charge is 0.416 e. The molecule has 0 spiro atoms. The molecule has 3 rings (SSSR count). The first-order valence-electron chi connectivity index (χ1n) is 9.29. The number of carbonyl (C=O) groups excluding carboxylic acids is 1. The molecular formula is C21H19F3N4O3. The lowest BCUT2D eigenvalue weighted by Gasteiger charge is -2.24. The van der Waals surface area contributed by atoms with Crippen molar-refractivity contribution in [3.63, 3.8) is 0 Å². The topological polar surface area (TPSA) is 95.4 Å². The summed E-state index contributed by atoms with van der Waals surface area (Å²) in [7, 11) is 1.58. The lowest BCUT2D eigenvalue weighted by molar-refractivity contribution is -0.137. The van der Waals surface area contributed by atoms with Gasteiger partial charge < -0.3 is 15.3 Å². The van der Waals surface area contributed by atoms with Gasteiger partial charge in [0.25, 0.3) is 0 Å². The van der Waals surface area contributed by atoms with E-state index < -0.39 is 23.4 Å². The van der Waals surface area contributed by atoms with Crippen LogP contribution in [0.25, 0.3) is 11.3 Å². The van der Waals surface area contributed by atoms with Gasteiger partial charge in [-0.2, -0.15) is 13.2 Å². The largest absolute Gasteiger partial charge is 0.465 e. The van der Waals surface area contributed by atoms with Crippen molar-refractivity contribution in [3.8, 4) is 23.1 Å². The highest BCUT2D eigenvalue weighted by atomic mass is 19.4. The third kappa shape index (κ3) is 4.94. The third-order valence-electron chi connectivity index (χ3n) is 4.93. The van der Waals surface area contributed by atoms with Crippen LogP contribution in [0.2, 0.25) is 0 Å². The Labute approximate surface area is 176 Å². The number of rotatable bonds is 3. The van der Waals surface area contributed by atoms with E-state index in [1.165, 1.54) is 17.0 Å². The first-order chi connectivity index (χ1) is 14.5. The molecule has 10 heteroatoms. The van der Waals surface area contributed by atoms with E-state index in [-0.39, 0.29) is 24.6 Å². The molecule has 0 bridgehead atoms. The van der Waals surface area contributed by atoms with Crippen LogP contribution in [0.4, 0.5) is 18.0 Å². The summed E-state index contributed by atoms with van der Waals surface area (Å²) >= 11 is 0. The lowest BCUT2D eigenvalue weighted by Crippen LogP contribution is -2.53. The molecule has 1 aliphatic rings. The molecule has 1 aromatic carbocycles. The average molecular weight is 432 g/mol. The van der Waals surface area contributed by atoms with Crippen molar-refractivity contribution in [2.75, 3.05) is 13.6 Å². The lowest BCUT2D eigenvalue weighted by atomic mass is 9.93. The van der Waals surface area contributed by atoms with E-state index in [1.807, 2.05) is 0 Å². The fourth-order valence-corrected chi connectivity index (χ4v) is 3.34. The van der Waals surface area contributed by atoms with Crippen molar-refractivity contribution in [1.29, 1.82) is 0 Å². The molecule has 2 heterocycles. The van der Waals surface area contributed by atoms with Gasteiger partial charge in [-0.15, -0.1) is 0 Å². The van der Waals surface area contributed by atoms with Gasteiger partial charge in [-0.05, 0) is 37.5 Å². The molecule has 1 aliphatic heterocycles. The second-order valence-electron chi connectivity index (χ2n) is 7.26. The van der Waals surface area contributed by atoms with Crippen molar-refractivity contribution < 1.29 is 27.9 Å². The molecule has 1 aromatic heterocycles. The molecule has 1 fully saturated rings. The van der Waals surface area contributed by atoms with Crippen LogP contribution in [-0.2, 0) is 11.0 Å². The number of halogens is 3. The number of benzene rings is 1. The standard InChI is InChI=1S/C21H19F3N4O3/c1-13-12-16(14-5-7-15(8-6-14)21(22,23)24)26-17(25-13)4-3-9-20(27-19(30)31)10-11-28(2)18(20)29/h5-8,12,27H,9-11H2,1-2H3,(H,30,31)/t20-/m1/s1. The summed E-state index contributed by atoms with van der Waals surface area (Å²) in [5, 5.41) is 11.4. The Bertz CT molecular complexity index is 1070. The maximum absolute atomic E-state index is 12.8. The molecular weight excluding hydrogens is 413 g/mol. The number of hydrogen-bond acceptors (Lipinski definition) is 4. The second-order valence-corrected chi connectivity index (χ2v) is 7.26.